The number of rotatable bonds is 3. The van der Waals surface area contributed by atoms with Gasteiger partial charge >= 0.3 is 0 Å². The van der Waals surface area contributed by atoms with Gasteiger partial charge in [0, 0.05) is 32.6 Å². The largest absolute Gasteiger partial charge is 0.343 e. The second-order valence-electron chi connectivity index (χ2n) is 7.89. The van der Waals surface area contributed by atoms with Crippen LogP contribution in [-0.2, 0) is 4.79 Å². The smallest absolute Gasteiger partial charge is 0.275 e. The third kappa shape index (κ3) is 4.56. The second kappa shape index (κ2) is 8.96. The van der Waals surface area contributed by atoms with Crippen LogP contribution in [-0.4, -0.2) is 78.4 Å². The average Bonchev–Trinajstić information content (AvgIpc) is 3.05. The molecule has 4 nitrogen and oxygen atoms in total. The minimum absolute atomic E-state index is 0.101. The van der Waals surface area contributed by atoms with E-state index >= 15 is 0 Å². The summed E-state index contributed by atoms with van der Waals surface area (Å²) in [4.78, 5) is 17.7. The summed E-state index contributed by atoms with van der Waals surface area (Å²) in [5.41, 5.74) is 0.155. The van der Waals surface area contributed by atoms with Crippen molar-refractivity contribution in [1.82, 2.24) is 14.7 Å². The van der Waals surface area contributed by atoms with E-state index in [1.807, 2.05) is 37.5 Å². The zero-order valence-corrected chi connectivity index (χ0v) is 17.1. The molecule has 0 N–H and O–H groups in total. The number of nitrogens with zero attached hydrogens (tertiary/aromatic N) is 3. The molecular formula is C20H37F2N3O. The van der Waals surface area contributed by atoms with Crippen LogP contribution in [0.3, 0.4) is 0 Å². The van der Waals surface area contributed by atoms with Gasteiger partial charge in [0.05, 0.1) is 12.6 Å². The van der Waals surface area contributed by atoms with Gasteiger partial charge in [0.25, 0.3) is 5.92 Å². The van der Waals surface area contributed by atoms with Crippen molar-refractivity contribution in [2.45, 2.75) is 71.8 Å². The number of likely N-dealkylation sites (tertiary alicyclic amines) is 3. The van der Waals surface area contributed by atoms with E-state index in [4.69, 9.17) is 0 Å². The first-order valence-electron chi connectivity index (χ1n) is 10.5. The highest BCUT2D eigenvalue weighted by atomic mass is 19.3. The molecule has 26 heavy (non-hydrogen) atoms. The number of hydrogen-bond donors (Lipinski definition) is 0. The van der Waals surface area contributed by atoms with Gasteiger partial charge in [-0.2, -0.15) is 0 Å². The molecule has 0 bridgehead atoms. The van der Waals surface area contributed by atoms with Crippen molar-refractivity contribution < 1.29 is 13.6 Å². The first-order valence-corrected chi connectivity index (χ1v) is 10.5. The van der Waals surface area contributed by atoms with Crippen LogP contribution >= 0.6 is 0 Å². The van der Waals surface area contributed by atoms with Gasteiger partial charge in [-0.05, 0) is 44.2 Å². The highest BCUT2D eigenvalue weighted by Gasteiger charge is 2.51. The van der Waals surface area contributed by atoms with Gasteiger partial charge in [0.1, 0.15) is 0 Å². The summed E-state index contributed by atoms with van der Waals surface area (Å²) >= 11 is 0. The van der Waals surface area contributed by atoms with E-state index < -0.39 is 12.0 Å². The minimum Gasteiger partial charge on any atom is -0.343 e. The highest BCUT2D eigenvalue weighted by molar-refractivity contribution is 5.75. The molecule has 0 saturated carbocycles. The fourth-order valence-electron chi connectivity index (χ4n) is 4.82. The molecule has 3 fully saturated rings. The van der Waals surface area contributed by atoms with Gasteiger partial charge in [0.15, 0.2) is 0 Å². The number of amides is 1. The third-order valence-electron chi connectivity index (χ3n) is 6.48. The van der Waals surface area contributed by atoms with E-state index in [0.717, 1.165) is 52.0 Å². The number of alkyl halides is 2. The molecule has 3 rings (SSSR count). The Labute approximate surface area is 157 Å². The fraction of sp³-hybridized carbons (Fsp3) is 0.950. The summed E-state index contributed by atoms with van der Waals surface area (Å²) in [6.07, 6.45) is 4.06. The van der Waals surface area contributed by atoms with Gasteiger partial charge in [-0.3, -0.25) is 14.6 Å². The summed E-state index contributed by atoms with van der Waals surface area (Å²) in [5.74, 6) is -2.39. The van der Waals surface area contributed by atoms with Crippen molar-refractivity contribution in [3.05, 3.63) is 0 Å². The first kappa shape index (κ1) is 21.5. The minimum atomic E-state index is -2.61. The zero-order chi connectivity index (χ0) is 19.4. The summed E-state index contributed by atoms with van der Waals surface area (Å²) in [6.45, 7) is 12.4. The zero-order valence-electron chi connectivity index (χ0n) is 17.1. The van der Waals surface area contributed by atoms with Crippen LogP contribution in [0.25, 0.3) is 0 Å². The summed E-state index contributed by atoms with van der Waals surface area (Å²) < 4.78 is 29.2. The third-order valence-corrected chi connectivity index (χ3v) is 6.48. The van der Waals surface area contributed by atoms with Crippen LogP contribution in [0.15, 0.2) is 0 Å². The molecule has 0 radical (unpaired) electrons. The molecule has 3 aliphatic heterocycles. The number of carbonyl (C=O) groups excluding carboxylic acids is 1. The molecule has 0 aromatic carbocycles. The maximum absolute atomic E-state index is 14.6. The van der Waals surface area contributed by atoms with E-state index in [0.29, 0.717) is 19.4 Å². The lowest BCUT2D eigenvalue weighted by Gasteiger charge is -2.44. The Morgan fingerprint density at radius 1 is 1.00 bits per heavy atom. The molecule has 152 valence electrons. The second-order valence-corrected chi connectivity index (χ2v) is 7.89. The molecule has 1 atom stereocenters. The fourth-order valence-corrected chi connectivity index (χ4v) is 4.82. The van der Waals surface area contributed by atoms with E-state index in [9.17, 15) is 13.6 Å². The van der Waals surface area contributed by atoms with Crippen molar-refractivity contribution >= 4 is 5.91 Å². The molecule has 0 aromatic heterocycles. The van der Waals surface area contributed by atoms with Crippen molar-refractivity contribution in [2.24, 2.45) is 5.41 Å². The maximum atomic E-state index is 14.6. The molecule has 3 aliphatic rings. The predicted molar refractivity (Wildman–Crippen MR) is 102 cm³/mol. The van der Waals surface area contributed by atoms with Crippen LogP contribution in [0, 0.1) is 5.41 Å². The Morgan fingerprint density at radius 2 is 1.62 bits per heavy atom. The topological polar surface area (TPSA) is 26.8 Å². The standard InChI is InChI=1S/C18H31F2N3O.C2H6/c1-3-16(24)22-10-6-17(7-11-22)8-12-23(13-17)15-5-9-21(4-2)14-18(15,19)20;1-2/h15H,3-14H2,1-2H3;1-2H3. The number of piperidine rings is 2. The molecule has 3 heterocycles. The van der Waals surface area contributed by atoms with Crippen molar-refractivity contribution in [3.8, 4) is 0 Å². The van der Waals surface area contributed by atoms with Crippen molar-refractivity contribution in [1.29, 1.82) is 0 Å². The van der Waals surface area contributed by atoms with Gasteiger partial charge in [-0.25, -0.2) is 8.78 Å². The number of halogens is 2. The van der Waals surface area contributed by atoms with Gasteiger partial charge in [0.2, 0.25) is 5.91 Å². The van der Waals surface area contributed by atoms with Crippen molar-refractivity contribution in [3.63, 3.8) is 0 Å². The van der Waals surface area contributed by atoms with Gasteiger partial charge in [-0.1, -0.05) is 27.7 Å². The highest BCUT2D eigenvalue weighted by Crippen LogP contribution is 2.44. The molecule has 1 spiro atoms. The van der Waals surface area contributed by atoms with E-state index in [-0.39, 0.29) is 17.9 Å². The van der Waals surface area contributed by atoms with Crippen LogP contribution in [0.4, 0.5) is 8.78 Å². The van der Waals surface area contributed by atoms with Crippen molar-refractivity contribution in [2.75, 3.05) is 45.8 Å². The monoisotopic (exact) mass is 373 g/mol. The Balaban J connectivity index is 0.00000117. The molecule has 0 aromatic rings. The lowest BCUT2D eigenvalue weighted by molar-refractivity contribution is -0.133. The van der Waals surface area contributed by atoms with Crippen LogP contribution in [0.5, 0.6) is 0 Å². The SMILES string of the molecule is CC.CCC(=O)N1CCC2(CC1)CCN(C1CCN(CC)CC1(F)F)C2. The number of carbonyl (C=O) groups is 1. The van der Waals surface area contributed by atoms with Crippen LogP contribution in [0.1, 0.15) is 59.8 Å². The predicted octanol–water partition coefficient (Wildman–Crippen LogP) is 3.47. The Hall–Kier alpha value is -0.750. The van der Waals surface area contributed by atoms with Gasteiger partial charge in [-0.15, -0.1) is 0 Å². The Morgan fingerprint density at radius 3 is 2.15 bits per heavy atom. The van der Waals surface area contributed by atoms with Crippen LogP contribution in [0.2, 0.25) is 0 Å². The lowest BCUT2D eigenvalue weighted by Crippen LogP contribution is -2.58. The molecule has 1 amide bonds. The number of hydrogen-bond acceptors (Lipinski definition) is 3. The Bertz CT molecular complexity index is 464. The molecule has 1 unspecified atom stereocenters. The molecule has 3 saturated heterocycles. The molecule has 0 aliphatic carbocycles. The quantitative estimate of drug-likeness (QED) is 0.758. The Kier molecular flexibility index (Phi) is 7.43. The maximum Gasteiger partial charge on any atom is 0.275 e. The summed E-state index contributed by atoms with van der Waals surface area (Å²) in [6, 6.07) is -0.602. The summed E-state index contributed by atoms with van der Waals surface area (Å²) in [7, 11) is 0. The molecular weight excluding hydrogens is 336 g/mol. The van der Waals surface area contributed by atoms with E-state index in [2.05, 4.69) is 4.90 Å². The normalized spacial score (nSPS) is 28.7. The first-order chi connectivity index (χ1) is 12.4. The van der Waals surface area contributed by atoms with E-state index in [1.54, 1.807) is 0 Å². The average molecular weight is 374 g/mol. The summed E-state index contributed by atoms with van der Waals surface area (Å²) in [5, 5.41) is 0. The van der Waals surface area contributed by atoms with E-state index in [1.165, 1.54) is 0 Å². The molecule has 6 heteroatoms. The van der Waals surface area contributed by atoms with Crippen LogP contribution < -0.4 is 0 Å². The lowest BCUT2D eigenvalue weighted by atomic mass is 9.77. The van der Waals surface area contributed by atoms with Gasteiger partial charge < -0.3 is 4.90 Å².